The number of ether oxygens (including phenoxy) is 4. The molecule has 0 fully saturated rings. The number of hydrogen-bond donors (Lipinski definition) is 2. The molecule has 0 radical (unpaired) electrons. The van der Waals surface area contributed by atoms with Gasteiger partial charge in [-0.1, -0.05) is 46.9 Å². The van der Waals surface area contributed by atoms with Crippen molar-refractivity contribution in [3.8, 4) is 17.4 Å². The van der Waals surface area contributed by atoms with Gasteiger partial charge in [0.2, 0.25) is 11.8 Å². The summed E-state index contributed by atoms with van der Waals surface area (Å²) in [6.07, 6.45) is 0. The standard InChI is InChI=1S/C15H15ClN4O6S.C14H9Cl2NO5/c1-3-26-13(21)9-6-4-5-7-10(9)27(23,24)20-15(22)19-14-17-11(16)8-12(18-14)25-2;1-21-14(18)10-7-9(3-4-12(10)17(19)20)22-13-5-2-8(15)6-11(13)16/h4-8H,3H2,1-2H3,(H2,17,18,19,20,22);2-7H,1H3. The van der Waals surface area contributed by atoms with Gasteiger partial charge in [-0.3, -0.25) is 15.4 Å². The van der Waals surface area contributed by atoms with E-state index in [0.717, 1.165) is 13.2 Å². The second-order valence-electron chi connectivity index (χ2n) is 8.94. The number of nitrogens with zero attached hydrogens (tertiary/aromatic N) is 3. The summed E-state index contributed by atoms with van der Waals surface area (Å²) < 4.78 is 46.5. The van der Waals surface area contributed by atoms with Crippen LogP contribution in [0.15, 0.2) is 71.6 Å². The van der Waals surface area contributed by atoms with Crippen molar-refractivity contribution < 1.29 is 46.7 Å². The van der Waals surface area contributed by atoms with Crippen LogP contribution in [0.3, 0.4) is 0 Å². The largest absolute Gasteiger partial charge is 0.481 e. The summed E-state index contributed by atoms with van der Waals surface area (Å²) in [6.45, 7) is 1.65. The monoisotopic (exact) mass is 755 g/mol. The number of amides is 2. The normalized spacial score (nSPS) is 10.5. The number of urea groups is 1. The highest BCUT2D eigenvalue weighted by Gasteiger charge is 2.25. The highest BCUT2D eigenvalue weighted by Crippen LogP contribution is 2.33. The second kappa shape index (κ2) is 17.3. The number of nitro benzene ring substituents is 1. The van der Waals surface area contributed by atoms with Crippen LogP contribution in [-0.2, 0) is 19.5 Å². The maximum atomic E-state index is 12.5. The van der Waals surface area contributed by atoms with Crippen LogP contribution in [0.25, 0.3) is 0 Å². The molecule has 0 saturated carbocycles. The minimum Gasteiger partial charge on any atom is -0.481 e. The van der Waals surface area contributed by atoms with E-state index in [2.05, 4.69) is 20.0 Å². The average Bonchev–Trinajstić information content (AvgIpc) is 3.05. The van der Waals surface area contributed by atoms with Crippen molar-refractivity contribution in [2.45, 2.75) is 11.8 Å². The van der Waals surface area contributed by atoms with Gasteiger partial charge in [-0.05, 0) is 43.3 Å². The first kappa shape index (κ1) is 38.2. The van der Waals surface area contributed by atoms with Gasteiger partial charge in [0.15, 0.2) is 0 Å². The number of methoxy groups -OCH3 is 2. The molecule has 1 aromatic heterocycles. The van der Waals surface area contributed by atoms with E-state index in [1.54, 1.807) is 23.8 Å². The number of nitro groups is 1. The molecule has 0 aliphatic carbocycles. The Labute approximate surface area is 293 Å². The minimum atomic E-state index is -4.38. The van der Waals surface area contributed by atoms with Gasteiger partial charge >= 0.3 is 18.0 Å². The summed E-state index contributed by atoms with van der Waals surface area (Å²) in [7, 11) is -1.91. The Morgan fingerprint density at radius 1 is 0.918 bits per heavy atom. The van der Waals surface area contributed by atoms with Crippen LogP contribution in [-0.4, -0.2) is 62.1 Å². The first-order chi connectivity index (χ1) is 23.2. The number of anilines is 1. The third-order valence-electron chi connectivity index (χ3n) is 5.70. The van der Waals surface area contributed by atoms with Crippen molar-refractivity contribution in [3.63, 3.8) is 0 Å². The van der Waals surface area contributed by atoms with Crippen LogP contribution < -0.4 is 19.5 Å². The highest BCUT2D eigenvalue weighted by molar-refractivity contribution is 7.90. The van der Waals surface area contributed by atoms with E-state index >= 15 is 0 Å². The molecule has 0 spiro atoms. The maximum absolute atomic E-state index is 12.5. The molecular formula is C29H24Cl3N5O11S. The van der Waals surface area contributed by atoms with Crippen molar-refractivity contribution >= 4 is 74.4 Å². The molecule has 0 aliphatic heterocycles. The molecule has 0 aliphatic rings. The predicted molar refractivity (Wildman–Crippen MR) is 176 cm³/mol. The van der Waals surface area contributed by atoms with Gasteiger partial charge in [0.25, 0.3) is 15.7 Å². The van der Waals surface area contributed by atoms with Crippen molar-refractivity contribution in [2.75, 3.05) is 26.1 Å². The lowest BCUT2D eigenvalue weighted by molar-refractivity contribution is -0.385. The molecule has 0 unspecified atom stereocenters. The SMILES string of the molecule is CCOC(=O)c1ccccc1S(=O)(=O)NC(=O)Nc1nc(Cl)cc(OC)n1.COC(=O)c1cc(Oc2ccc(Cl)cc2Cl)ccc1[N+](=O)[O-]. The number of carbonyl (C=O) groups excluding carboxylic acids is 3. The number of esters is 2. The summed E-state index contributed by atoms with van der Waals surface area (Å²) in [5.41, 5.74) is -0.795. The molecule has 4 aromatic rings. The molecule has 0 saturated heterocycles. The van der Waals surface area contributed by atoms with Crippen LogP contribution in [0, 0.1) is 10.1 Å². The van der Waals surface area contributed by atoms with Crippen LogP contribution in [0.1, 0.15) is 27.6 Å². The van der Waals surface area contributed by atoms with E-state index in [-0.39, 0.29) is 51.2 Å². The third kappa shape index (κ3) is 10.6. The summed E-state index contributed by atoms with van der Waals surface area (Å²) in [6, 6.07) is 13.8. The molecule has 3 aromatic carbocycles. The lowest BCUT2D eigenvalue weighted by Gasteiger charge is -2.11. The van der Waals surface area contributed by atoms with Crippen molar-refractivity contribution in [1.29, 1.82) is 0 Å². The Morgan fingerprint density at radius 3 is 2.27 bits per heavy atom. The zero-order valence-corrected chi connectivity index (χ0v) is 28.5. The molecule has 1 heterocycles. The number of sulfonamides is 1. The van der Waals surface area contributed by atoms with Gasteiger partial charge in [0.05, 0.1) is 36.3 Å². The predicted octanol–water partition coefficient (Wildman–Crippen LogP) is 6.31. The molecule has 49 heavy (non-hydrogen) atoms. The van der Waals surface area contributed by atoms with E-state index in [0.29, 0.717) is 10.8 Å². The molecule has 0 bridgehead atoms. The summed E-state index contributed by atoms with van der Waals surface area (Å²) in [5.74, 6) is -1.36. The number of rotatable bonds is 10. The number of halogens is 3. The summed E-state index contributed by atoms with van der Waals surface area (Å²) in [5, 5.41) is 13.7. The number of carbonyl (C=O) groups is 3. The first-order valence-electron chi connectivity index (χ1n) is 13.4. The van der Waals surface area contributed by atoms with Crippen LogP contribution in [0.4, 0.5) is 16.4 Å². The van der Waals surface area contributed by atoms with E-state index in [4.69, 9.17) is 49.0 Å². The Kier molecular flexibility index (Phi) is 13.5. The molecule has 4 rings (SSSR count). The van der Waals surface area contributed by atoms with Gasteiger partial charge in [0, 0.05) is 23.2 Å². The van der Waals surface area contributed by atoms with Gasteiger partial charge in [-0.2, -0.15) is 4.98 Å². The average molecular weight is 757 g/mol. The fourth-order valence-corrected chi connectivity index (χ4v) is 5.36. The molecule has 0 atom stereocenters. The molecular weight excluding hydrogens is 733 g/mol. The first-order valence-corrected chi connectivity index (χ1v) is 16.0. The lowest BCUT2D eigenvalue weighted by Crippen LogP contribution is -2.35. The minimum absolute atomic E-state index is 0.0207. The summed E-state index contributed by atoms with van der Waals surface area (Å²) in [4.78, 5) is 53.0. The molecule has 2 amide bonds. The maximum Gasteiger partial charge on any atom is 0.345 e. The van der Waals surface area contributed by atoms with Gasteiger partial charge in [-0.15, -0.1) is 0 Å². The zero-order valence-electron chi connectivity index (χ0n) is 25.4. The zero-order chi connectivity index (χ0) is 36.3. The topological polar surface area (TPSA) is 215 Å². The third-order valence-corrected chi connectivity index (χ3v) is 7.81. The highest BCUT2D eigenvalue weighted by atomic mass is 35.5. The van der Waals surface area contributed by atoms with E-state index in [1.807, 2.05) is 0 Å². The van der Waals surface area contributed by atoms with Gasteiger partial charge < -0.3 is 18.9 Å². The Balaban J connectivity index is 0.000000271. The lowest BCUT2D eigenvalue weighted by atomic mass is 10.1. The van der Waals surface area contributed by atoms with E-state index in [9.17, 15) is 32.9 Å². The van der Waals surface area contributed by atoms with Gasteiger partial charge in [-0.25, -0.2) is 32.5 Å². The smallest absolute Gasteiger partial charge is 0.345 e. The fourth-order valence-electron chi connectivity index (χ4n) is 3.64. The number of aromatic nitrogens is 2. The Hall–Kier alpha value is -5.23. The summed E-state index contributed by atoms with van der Waals surface area (Å²) >= 11 is 17.5. The molecule has 20 heteroatoms. The van der Waals surface area contributed by atoms with Crippen molar-refractivity contribution in [1.82, 2.24) is 14.7 Å². The van der Waals surface area contributed by atoms with Crippen LogP contribution in [0.2, 0.25) is 15.2 Å². The van der Waals surface area contributed by atoms with E-state index < -0.39 is 37.8 Å². The number of hydrogen-bond acceptors (Lipinski definition) is 13. The second-order valence-corrected chi connectivity index (χ2v) is 11.8. The molecule has 16 nitrogen and oxygen atoms in total. The Morgan fingerprint density at radius 2 is 1.63 bits per heavy atom. The van der Waals surface area contributed by atoms with E-state index in [1.165, 1.54) is 55.6 Å². The Bertz CT molecular complexity index is 2000. The number of nitrogens with one attached hydrogen (secondary N) is 2. The molecule has 2 N–H and O–H groups in total. The quantitative estimate of drug-likeness (QED) is 0.0787. The van der Waals surface area contributed by atoms with Crippen molar-refractivity contribution in [3.05, 3.63) is 103 Å². The molecule has 258 valence electrons. The van der Waals surface area contributed by atoms with Crippen LogP contribution >= 0.6 is 34.8 Å². The van der Waals surface area contributed by atoms with Crippen LogP contribution in [0.5, 0.6) is 17.4 Å². The van der Waals surface area contributed by atoms with Gasteiger partial charge in [0.1, 0.15) is 27.1 Å². The van der Waals surface area contributed by atoms with Crippen molar-refractivity contribution in [2.24, 2.45) is 0 Å². The number of benzene rings is 3. The fraction of sp³-hybridized carbons (Fsp3) is 0.138.